The molecule has 1 unspecified atom stereocenters. The Morgan fingerprint density at radius 3 is 2.57 bits per heavy atom. The van der Waals surface area contributed by atoms with Crippen LogP contribution in [-0.4, -0.2) is 29.5 Å². The molecule has 5 fully saturated rings. The van der Waals surface area contributed by atoms with Crippen molar-refractivity contribution < 1.29 is 9.69 Å². The van der Waals surface area contributed by atoms with Crippen molar-refractivity contribution in [3.8, 4) is 0 Å². The molecule has 0 radical (unpaired) electrons. The predicted molar refractivity (Wildman–Crippen MR) is 111 cm³/mol. The molecule has 2 heterocycles. The fourth-order valence-corrected chi connectivity index (χ4v) is 8.43. The first kappa shape index (κ1) is 17.4. The molecule has 1 aliphatic heterocycles. The van der Waals surface area contributed by atoms with Crippen LogP contribution in [0.2, 0.25) is 0 Å². The lowest BCUT2D eigenvalue weighted by atomic mass is 9.53. The van der Waals surface area contributed by atoms with E-state index in [0.29, 0.717) is 12.6 Å². The van der Waals surface area contributed by atoms with Gasteiger partial charge < -0.3 is 10.2 Å². The van der Waals surface area contributed by atoms with Crippen molar-refractivity contribution in [1.82, 2.24) is 10.3 Å². The van der Waals surface area contributed by atoms with E-state index in [9.17, 15) is 4.79 Å². The number of hydrogen-bond acceptors (Lipinski definition) is 3. The van der Waals surface area contributed by atoms with Crippen molar-refractivity contribution in [3.63, 3.8) is 0 Å². The fraction of sp³-hybridized carbons (Fsp3) is 0.652. The van der Waals surface area contributed by atoms with Crippen LogP contribution in [0.1, 0.15) is 62.4 Å². The normalized spacial score (nSPS) is 38.9. The molecule has 4 aliphatic carbocycles. The summed E-state index contributed by atoms with van der Waals surface area (Å²) in [5.74, 6) is 2.91. The van der Waals surface area contributed by atoms with Crippen LogP contribution in [0, 0.1) is 17.8 Å². The van der Waals surface area contributed by atoms with E-state index in [1.165, 1.54) is 59.6 Å². The number of benzene rings is 1. The fourth-order valence-electron chi connectivity index (χ4n) is 7.27. The van der Waals surface area contributed by atoms with Gasteiger partial charge in [0.05, 0.1) is 16.8 Å². The van der Waals surface area contributed by atoms with E-state index in [1.54, 1.807) is 0 Å². The molecule has 1 amide bonds. The van der Waals surface area contributed by atoms with Crippen LogP contribution in [0.4, 0.5) is 0 Å². The minimum absolute atomic E-state index is 0.135. The van der Waals surface area contributed by atoms with Gasteiger partial charge in [0.2, 0.25) is 0 Å². The molecule has 1 aromatic carbocycles. The highest BCUT2D eigenvalue weighted by atomic mass is 32.1. The van der Waals surface area contributed by atoms with E-state index in [4.69, 9.17) is 4.98 Å². The first-order valence-electron chi connectivity index (χ1n) is 11.2. The van der Waals surface area contributed by atoms with Gasteiger partial charge in [-0.3, -0.25) is 4.79 Å². The SMILES string of the molecule is O=C(C[NH+]1CCC[C@@H]1c1nc2ccccc2s1)NC12CC3CC(CC(C3)C1)C2. The summed E-state index contributed by atoms with van der Waals surface area (Å²) in [6.07, 6.45) is 10.3. The maximum Gasteiger partial charge on any atom is 0.275 e. The number of nitrogens with one attached hydrogen (secondary N) is 2. The summed E-state index contributed by atoms with van der Waals surface area (Å²) in [7, 11) is 0. The Hall–Kier alpha value is -1.46. The number of thiazole rings is 1. The van der Waals surface area contributed by atoms with E-state index in [2.05, 4.69) is 29.6 Å². The summed E-state index contributed by atoms with van der Waals surface area (Å²) in [6, 6.07) is 8.79. The lowest BCUT2D eigenvalue weighted by molar-refractivity contribution is -0.910. The molecule has 148 valence electrons. The van der Waals surface area contributed by atoms with Crippen molar-refractivity contribution in [2.24, 2.45) is 17.8 Å². The molecule has 2 aromatic rings. The minimum atomic E-state index is 0.135. The van der Waals surface area contributed by atoms with Crippen molar-refractivity contribution >= 4 is 27.5 Å². The Labute approximate surface area is 170 Å². The number of fused-ring (bicyclic) bond motifs is 1. The maximum atomic E-state index is 13.1. The molecule has 4 saturated carbocycles. The number of carbonyl (C=O) groups excluding carboxylic acids is 1. The van der Waals surface area contributed by atoms with Gasteiger partial charge in [-0.25, -0.2) is 4.98 Å². The number of carbonyl (C=O) groups is 1. The van der Waals surface area contributed by atoms with Crippen molar-refractivity contribution in [3.05, 3.63) is 29.3 Å². The van der Waals surface area contributed by atoms with Crippen LogP contribution in [-0.2, 0) is 4.79 Å². The number of amides is 1. The number of nitrogens with zero attached hydrogens (tertiary/aromatic N) is 1. The zero-order chi connectivity index (χ0) is 18.7. The van der Waals surface area contributed by atoms with Crippen LogP contribution in [0.15, 0.2) is 24.3 Å². The third kappa shape index (κ3) is 2.98. The summed E-state index contributed by atoms with van der Waals surface area (Å²) >= 11 is 1.82. The molecule has 4 nitrogen and oxygen atoms in total. The maximum absolute atomic E-state index is 13.1. The van der Waals surface area contributed by atoms with Crippen LogP contribution >= 0.6 is 11.3 Å². The second-order valence-corrected chi connectivity index (χ2v) is 11.1. The highest BCUT2D eigenvalue weighted by Gasteiger charge is 2.51. The second kappa shape index (κ2) is 6.53. The van der Waals surface area contributed by atoms with Gasteiger partial charge in [0.25, 0.3) is 5.91 Å². The van der Waals surface area contributed by atoms with Gasteiger partial charge in [0, 0.05) is 18.4 Å². The van der Waals surface area contributed by atoms with E-state index in [1.807, 2.05) is 11.3 Å². The first-order valence-corrected chi connectivity index (χ1v) is 12.0. The molecule has 1 aromatic heterocycles. The number of aromatic nitrogens is 1. The number of para-hydroxylation sites is 1. The molecule has 0 spiro atoms. The quantitative estimate of drug-likeness (QED) is 0.834. The van der Waals surface area contributed by atoms with Gasteiger partial charge in [0.15, 0.2) is 11.6 Å². The average molecular weight is 397 g/mol. The van der Waals surface area contributed by atoms with Crippen LogP contribution in [0.25, 0.3) is 10.2 Å². The predicted octanol–water partition coefficient (Wildman–Crippen LogP) is 3.10. The number of likely N-dealkylation sites (tertiary alicyclic amines) is 1. The van der Waals surface area contributed by atoms with Crippen molar-refractivity contribution in [2.75, 3.05) is 13.1 Å². The summed E-state index contributed by atoms with van der Waals surface area (Å²) < 4.78 is 1.27. The van der Waals surface area contributed by atoms with E-state index < -0.39 is 0 Å². The highest BCUT2D eigenvalue weighted by molar-refractivity contribution is 7.18. The monoisotopic (exact) mass is 396 g/mol. The van der Waals surface area contributed by atoms with Crippen LogP contribution < -0.4 is 10.2 Å². The number of rotatable bonds is 4. The summed E-state index contributed by atoms with van der Waals surface area (Å²) in [5, 5.41) is 4.79. The number of quaternary nitrogens is 1. The Morgan fingerprint density at radius 2 is 1.86 bits per heavy atom. The van der Waals surface area contributed by atoms with Gasteiger partial charge in [-0.2, -0.15) is 0 Å². The molecule has 2 N–H and O–H groups in total. The molecule has 28 heavy (non-hydrogen) atoms. The van der Waals surface area contributed by atoms with E-state index >= 15 is 0 Å². The van der Waals surface area contributed by atoms with Gasteiger partial charge in [0.1, 0.15) is 6.04 Å². The minimum Gasteiger partial charge on any atom is -0.346 e. The Morgan fingerprint density at radius 1 is 1.14 bits per heavy atom. The molecule has 4 bridgehead atoms. The summed E-state index contributed by atoms with van der Waals surface area (Å²) in [6.45, 7) is 1.71. The van der Waals surface area contributed by atoms with Gasteiger partial charge >= 0.3 is 0 Å². The second-order valence-electron chi connectivity index (χ2n) is 10.0. The number of hydrogen-bond donors (Lipinski definition) is 2. The molecule has 5 aliphatic rings. The standard InChI is InChI=1S/C23H29N3OS/c27-21(25-23-11-15-8-16(12-23)10-17(9-15)13-23)14-26-7-3-5-19(26)22-24-18-4-1-2-6-20(18)28-22/h1-2,4,6,15-17,19H,3,5,7-14H2,(H,25,27)/p+1/t15?,16?,17?,19-,23?/m1/s1. The first-order chi connectivity index (χ1) is 13.7. The van der Waals surface area contributed by atoms with Crippen molar-refractivity contribution in [1.29, 1.82) is 0 Å². The molecule has 1 saturated heterocycles. The lowest BCUT2D eigenvalue weighted by Gasteiger charge is -2.56. The van der Waals surface area contributed by atoms with Gasteiger partial charge in [-0.05, 0) is 68.4 Å². The van der Waals surface area contributed by atoms with Crippen LogP contribution in [0.5, 0.6) is 0 Å². The van der Waals surface area contributed by atoms with Gasteiger partial charge in [-0.15, -0.1) is 11.3 Å². The molecular weight excluding hydrogens is 366 g/mol. The van der Waals surface area contributed by atoms with E-state index in [0.717, 1.165) is 36.2 Å². The van der Waals surface area contributed by atoms with Gasteiger partial charge in [-0.1, -0.05) is 12.1 Å². The average Bonchev–Trinajstić information content (AvgIpc) is 3.25. The summed E-state index contributed by atoms with van der Waals surface area (Å²) in [5.41, 5.74) is 1.24. The Kier molecular flexibility index (Phi) is 4.06. The van der Waals surface area contributed by atoms with E-state index in [-0.39, 0.29) is 11.4 Å². The smallest absolute Gasteiger partial charge is 0.275 e. The third-order valence-corrected chi connectivity index (χ3v) is 9.07. The zero-order valence-corrected chi connectivity index (χ0v) is 17.3. The lowest BCUT2D eigenvalue weighted by Crippen LogP contribution is -3.11. The highest BCUT2D eigenvalue weighted by Crippen LogP contribution is 2.55. The Bertz CT molecular complexity index is 838. The summed E-state index contributed by atoms with van der Waals surface area (Å²) in [4.78, 5) is 19.4. The third-order valence-electron chi connectivity index (χ3n) is 7.92. The molecule has 5 heteroatoms. The largest absolute Gasteiger partial charge is 0.346 e. The van der Waals surface area contributed by atoms with Crippen LogP contribution in [0.3, 0.4) is 0 Å². The molecule has 7 rings (SSSR count). The molecule has 2 atom stereocenters. The molecular formula is C23H30N3OS+. The zero-order valence-electron chi connectivity index (χ0n) is 16.5. The Balaban J connectivity index is 1.16. The topological polar surface area (TPSA) is 46.4 Å². The van der Waals surface area contributed by atoms with Crippen molar-refractivity contribution in [2.45, 2.75) is 62.9 Å².